The van der Waals surface area contributed by atoms with E-state index >= 15 is 0 Å². The van der Waals surface area contributed by atoms with Crippen LogP contribution in [0.3, 0.4) is 0 Å². The molecule has 0 saturated carbocycles. The molecule has 2 aromatic rings. The Morgan fingerprint density at radius 2 is 1.90 bits per heavy atom. The number of halogens is 1. The molecule has 0 bridgehead atoms. The van der Waals surface area contributed by atoms with Gasteiger partial charge in [-0.3, -0.25) is 4.79 Å². The zero-order chi connectivity index (χ0) is 15.4. The zero-order valence-electron chi connectivity index (χ0n) is 12.1. The van der Waals surface area contributed by atoms with Crippen LogP contribution in [0, 0.1) is 12.7 Å². The Balaban J connectivity index is 1.97. The van der Waals surface area contributed by atoms with E-state index in [4.69, 9.17) is 5.73 Å². The third-order valence-electron chi connectivity index (χ3n) is 3.21. The zero-order valence-corrected chi connectivity index (χ0v) is 12.1. The number of benzene rings is 2. The van der Waals surface area contributed by atoms with E-state index in [2.05, 4.69) is 5.32 Å². The first kappa shape index (κ1) is 14.8. The van der Waals surface area contributed by atoms with Gasteiger partial charge in [-0.15, -0.1) is 0 Å². The summed E-state index contributed by atoms with van der Waals surface area (Å²) in [4.78, 5) is 13.7. The monoisotopic (exact) mass is 287 g/mol. The van der Waals surface area contributed by atoms with Crippen LogP contribution >= 0.6 is 0 Å². The van der Waals surface area contributed by atoms with Crippen molar-refractivity contribution in [3.05, 3.63) is 53.8 Å². The van der Waals surface area contributed by atoms with Crippen LogP contribution in [0.4, 0.5) is 21.5 Å². The number of amides is 1. The summed E-state index contributed by atoms with van der Waals surface area (Å²) in [5.74, 6) is -0.461. The van der Waals surface area contributed by atoms with Gasteiger partial charge in [0, 0.05) is 24.1 Å². The second-order valence-corrected chi connectivity index (χ2v) is 4.95. The van der Waals surface area contributed by atoms with Gasteiger partial charge in [-0.25, -0.2) is 4.39 Å². The number of aryl methyl sites for hydroxylation is 1. The molecule has 2 rings (SSSR count). The van der Waals surface area contributed by atoms with Gasteiger partial charge in [0.1, 0.15) is 5.82 Å². The Bertz CT molecular complexity index is 640. The molecular formula is C16H18FN3O. The number of hydrogen-bond acceptors (Lipinski definition) is 3. The van der Waals surface area contributed by atoms with E-state index in [0.717, 1.165) is 11.3 Å². The van der Waals surface area contributed by atoms with Crippen molar-refractivity contribution in [3.8, 4) is 0 Å². The van der Waals surface area contributed by atoms with Crippen LogP contribution in [0.5, 0.6) is 0 Å². The Morgan fingerprint density at radius 3 is 2.52 bits per heavy atom. The maximum absolute atomic E-state index is 12.9. The summed E-state index contributed by atoms with van der Waals surface area (Å²) in [6.07, 6.45) is 0. The van der Waals surface area contributed by atoms with Crippen molar-refractivity contribution in [3.63, 3.8) is 0 Å². The third kappa shape index (κ3) is 3.95. The molecule has 0 aliphatic heterocycles. The molecule has 3 N–H and O–H groups in total. The molecule has 5 heteroatoms. The van der Waals surface area contributed by atoms with E-state index in [1.807, 2.05) is 19.1 Å². The summed E-state index contributed by atoms with van der Waals surface area (Å²) >= 11 is 0. The molecule has 0 radical (unpaired) electrons. The number of nitrogens with one attached hydrogen (secondary N) is 1. The van der Waals surface area contributed by atoms with Gasteiger partial charge in [-0.1, -0.05) is 6.07 Å². The van der Waals surface area contributed by atoms with Crippen LogP contribution in [-0.2, 0) is 4.79 Å². The number of likely N-dealkylation sites (N-methyl/N-ethyl adjacent to an activating group) is 1. The number of nitrogens with zero attached hydrogens (tertiary/aromatic N) is 1. The fourth-order valence-corrected chi connectivity index (χ4v) is 1.92. The first-order valence-corrected chi connectivity index (χ1v) is 6.58. The Labute approximate surface area is 123 Å². The van der Waals surface area contributed by atoms with E-state index in [-0.39, 0.29) is 18.3 Å². The lowest BCUT2D eigenvalue weighted by Crippen LogP contribution is -2.30. The largest absolute Gasteiger partial charge is 0.398 e. The molecule has 110 valence electrons. The first-order chi connectivity index (χ1) is 9.95. The molecule has 4 nitrogen and oxygen atoms in total. The Hall–Kier alpha value is -2.56. The Morgan fingerprint density at radius 1 is 1.24 bits per heavy atom. The predicted molar refractivity (Wildman–Crippen MR) is 83.9 cm³/mol. The highest BCUT2D eigenvalue weighted by Gasteiger charge is 2.08. The highest BCUT2D eigenvalue weighted by atomic mass is 19.1. The van der Waals surface area contributed by atoms with E-state index in [1.54, 1.807) is 30.1 Å². The summed E-state index contributed by atoms with van der Waals surface area (Å²) < 4.78 is 12.9. The van der Waals surface area contributed by atoms with Gasteiger partial charge in [0.25, 0.3) is 0 Å². The second-order valence-electron chi connectivity index (χ2n) is 4.95. The van der Waals surface area contributed by atoms with Gasteiger partial charge in [0.05, 0.1) is 6.54 Å². The lowest BCUT2D eigenvalue weighted by atomic mass is 10.2. The van der Waals surface area contributed by atoms with E-state index in [1.165, 1.54) is 12.1 Å². The smallest absolute Gasteiger partial charge is 0.243 e. The summed E-state index contributed by atoms with van der Waals surface area (Å²) in [5, 5.41) is 2.79. The molecule has 0 saturated heterocycles. The number of nitrogens with two attached hydrogens (primary N) is 1. The SMILES string of the molecule is Cc1ccc(NC(=O)CN(C)c2ccc(F)cc2)cc1N. The van der Waals surface area contributed by atoms with Crippen LogP contribution in [0.15, 0.2) is 42.5 Å². The predicted octanol–water partition coefficient (Wildman–Crippen LogP) is 2.79. The van der Waals surface area contributed by atoms with Gasteiger partial charge < -0.3 is 16.0 Å². The molecular weight excluding hydrogens is 269 g/mol. The molecule has 0 fully saturated rings. The van der Waals surface area contributed by atoms with Gasteiger partial charge in [-0.05, 0) is 48.9 Å². The number of carbonyl (C=O) groups excluding carboxylic acids is 1. The van der Waals surface area contributed by atoms with Crippen molar-refractivity contribution in [2.75, 3.05) is 29.5 Å². The molecule has 0 aliphatic rings. The molecule has 0 unspecified atom stereocenters. The van der Waals surface area contributed by atoms with E-state index < -0.39 is 0 Å². The molecule has 1 amide bonds. The maximum Gasteiger partial charge on any atom is 0.243 e. The summed E-state index contributed by atoms with van der Waals surface area (Å²) in [5.41, 5.74) is 8.85. The number of anilines is 3. The van der Waals surface area contributed by atoms with Crippen LogP contribution in [0.2, 0.25) is 0 Å². The molecule has 0 atom stereocenters. The number of hydrogen-bond donors (Lipinski definition) is 2. The van der Waals surface area contributed by atoms with Crippen molar-refractivity contribution in [1.29, 1.82) is 0 Å². The fourth-order valence-electron chi connectivity index (χ4n) is 1.92. The quantitative estimate of drug-likeness (QED) is 0.850. The normalized spacial score (nSPS) is 10.2. The first-order valence-electron chi connectivity index (χ1n) is 6.58. The standard InChI is InChI=1S/C16H18FN3O/c1-11-3-6-13(9-15(11)18)19-16(21)10-20(2)14-7-4-12(17)5-8-14/h3-9H,10,18H2,1-2H3,(H,19,21). The van der Waals surface area contributed by atoms with Crippen LogP contribution in [0.25, 0.3) is 0 Å². The number of carbonyl (C=O) groups is 1. The average Bonchev–Trinajstić information content (AvgIpc) is 2.43. The fraction of sp³-hybridized carbons (Fsp3) is 0.188. The minimum Gasteiger partial charge on any atom is -0.398 e. The second kappa shape index (κ2) is 6.26. The van der Waals surface area contributed by atoms with E-state index in [0.29, 0.717) is 11.4 Å². The van der Waals surface area contributed by atoms with Crippen molar-refractivity contribution < 1.29 is 9.18 Å². The molecule has 0 spiro atoms. The molecule has 0 aliphatic carbocycles. The van der Waals surface area contributed by atoms with Crippen molar-refractivity contribution in [1.82, 2.24) is 0 Å². The van der Waals surface area contributed by atoms with E-state index in [9.17, 15) is 9.18 Å². The average molecular weight is 287 g/mol. The molecule has 21 heavy (non-hydrogen) atoms. The minimum absolute atomic E-state index is 0.162. The highest BCUT2D eigenvalue weighted by Crippen LogP contribution is 2.17. The summed E-state index contributed by atoms with van der Waals surface area (Å²) in [6, 6.07) is 11.4. The third-order valence-corrected chi connectivity index (χ3v) is 3.21. The summed E-state index contributed by atoms with van der Waals surface area (Å²) in [7, 11) is 1.77. The number of rotatable bonds is 4. The van der Waals surface area contributed by atoms with Crippen molar-refractivity contribution in [2.45, 2.75) is 6.92 Å². The van der Waals surface area contributed by atoms with Gasteiger partial charge in [0.2, 0.25) is 5.91 Å². The van der Waals surface area contributed by atoms with Crippen molar-refractivity contribution in [2.24, 2.45) is 0 Å². The van der Waals surface area contributed by atoms with Gasteiger partial charge in [-0.2, -0.15) is 0 Å². The maximum atomic E-state index is 12.9. The minimum atomic E-state index is -0.299. The van der Waals surface area contributed by atoms with Crippen LogP contribution in [0.1, 0.15) is 5.56 Å². The molecule has 2 aromatic carbocycles. The molecule has 0 aromatic heterocycles. The Kier molecular flexibility index (Phi) is 4.42. The molecule has 0 heterocycles. The lowest BCUT2D eigenvalue weighted by molar-refractivity contribution is -0.114. The van der Waals surface area contributed by atoms with Gasteiger partial charge >= 0.3 is 0 Å². The lowest BCUT2D eigenvalue weighted by Gasteiger charge is -2.18. The van der Waals surface area contributed by atoms with Crippen molar-refractivity contribution >= 4 is 23.0 Å². The van der Waals surface area contributed by atoms with Crippen LogP contribution in [-0.4, -0.2) is 19.5 Å². The number of nitrogen functional groups attached to an aromatic ring is 1. The van der Waals surface area contributed by atoms with Gasteiger partial charge in [0.15, 0.2) is 0 Å². The highest BCUT2D eigenvalue weighted by molar-refractivity contribution is 5.94. The summed E-state index contributed by atoms with van der Waals surface area (Å²) in [6.45, 7) is 2.07. The van der Waals surface area contributed by atoms with Crippen LogP contribution < -0.4 is 16.0 Å². The topological polar surface area (TPSA) is 58.4 Å².